The first kappa shape index (κ1) is 17.0. The molecular formula is C17H27N3OS. The summed E-state index contributed by atoms with van der Waals surface area (Å²) in [6.45, 7) is 8.91. The van der Waals surface area contributed by atoms with Gasteiger partial charge in [0.05, 0.1) is 19.2 Å². The maximum Gasteiger partial charge on any atom is 0.191 e. The van der Waals surface area contributed by atoms with Gasteiger partial charge in [-0.15, -0.1) is 0 Å². The minimum Gasteiger partial charge on any atom is -0.493 e. The Labute approximate surface area is 138 Å². The smallest absolute Gasteiger partial charge is 0.191 e. The molecule has 1 atom stereocenters. The summed E-state index contributed by atoms with van der Waals surface area (Å²) in [4.78, 5) is 4.76. The first-order valence-electron chi connectivity index (χ1n) is 7.87. The highest BCUT2D eigenvalue weighted by atomic mass is 32.2. The Morgan fingerprint density at radius 1 is 1.41 bits per heavy atom. The quantitative estimate of drug-likeness (QED) is 0.646. The summed E-state index contributed by atoms with van der Waals surface area (Å²) in [6.07, 6.45) is 3.08. The zero-order valence-electron chi connectivity index (χ0n) is 14.0. The molecule has 5 heteroatoms. The molecule has 0 spiro atoms. The van der Waals surface area contributed by atoms with E-state index in [9.17, 15) is 0 Å². The van der Waals surface area contributed by atoms with Crippen molar-refractivity contribution >= 4 is 17.7 Å². The van der Waals surface area contributed by atoms with E-state index < -0.39 is 0 Å². The number of hydrogen-bond acceptors (Lipinski definition) is 3. The summed E-state index contributed by atoms with van der Waals surface area (Å²) in [6, 6.07) is 8.48. The molecule has 0 aromatic heterocycles. The van der Waals surface area contributed by atoms with Gasteiger partial charge in [-0.1, -0.05) is 18.2 Å². The van der Waals surface area contributed by atoms with Crippen LogP contribution in [0, 0.1) is 0 Å². The van der Waals surface area contributed by atoms with Crippen molar-refractivity contribution in [1.29, 1.82) is 0 Å². The van der Waals surface area contributed by atoms with Gasteiger partial charge in [0, 0.05) is 23.3 Å². The number of guanidine groups is 1. The monoisotopic (exact) mass is 321 g/mol. The molecule has 1 aliphatic rings. The predicted molar refractivity (Wildman–Crippen MR) is 96.0 cm³/mol. The van der Waals surface area contributed by atoms with E-state index in [0.717, 1.165) is 37.8 Å². The van der Waals surface area contributed by atoms with Crippen LogP contribution in [-0.4, -0.2) is 36.7 Å². The molecule has 0 bridgehead atoms. The Kier molecular flexibility index (Phi) is 6.00. The third kappa shape index (κ3) is 4.57. The number of para-hydroxylation sites is 1. The summed E-state index contributed by atoms with van der Waals surface area (Å²) in [5, 5.41) is 6.91. The summed E-state index contributed by atoms with van der Waals surface area (Å²) in [5.74, 6) is 1.86. The molecule has 122 valence electrons. The van der Waals surface area contributed by atoms with E-state index in [-0.39, 0.29) is 10.8 Å². The lowest BCUT2D eigenvalue weighted by atomic mass is 10.0. The zero-order valence-corrected chi connectivity index (χ0v) is 14.8. The molecule has 2 N–H and O–H groups in total. The van der Waals surface area contributed by atoms with Gasteiger partial charge in [-0.05, 0) is 33.1 Å². The van der Waals surface area contributed by atoms with Gasteiger partial charge in [0.2, 0.25) is 0 Å². The van der Waals surface area contributed by atoms with Gasteiger partial charge in [0.15, 0.2) is 5.96 Å². The maximum atomic E-state index is 5.72. The fraction of sp³-hybridized carbons (Fsp3) is 0.588. The molecule has 1 aromatic carbocycles. The van der Waals surface area contributed by atoms with E-state index in [1.807, 2.05) is 23.9 Å². The fourth-order valence-corrected chi connectivity index (χ4v) is 2.50. The van der Waals surface area contributed by atoms with Crippen LogP contribution in [0.15, 0.2) is 29.3 Å². The number of thioether (sulfide) groups is 1. The standard InChI is InChI=1S/C17H27N3OS/c1-5-18-16(19-12-17(2,3)22-4)20-14-10-11-21-15-9-7-6-8-13(14)15/h6-9,14H,5,10-12H2,1-4H3,(H2,18,19,20). The summed E-state index contributed by atoms with van der Waals surface area (Å²) in [5.41, 5.74) is 1.21. The van der Waals surface area contributed by atoms with Crippen LogP contribution in [0.1, 0.15) is 38.8 Å². The van der Waals surface area contributed by atoms with Gasteiger partial charge in [-0.3, -0.25) is 4.99 Å². The lowest BCUT2D eigenvalue weighted by molar-refractivity contribution is 0.261. The van der Waals surface area contributed by atoms with Crippen molar-refractivity contribution in [1.82, 2.24) is 10.6 Å². The van der Waals surface area contributed by atoms with Crippen LogP contribution in [0.3, 0.4) is 0 Å². The Balaban J connectivity index is 2.10. The number of hydrogen-bond donors (Lipinski definition) is 2. The Morgan fingerprint density at radius 3 is 2.91 bits per heavy atom. The van der Waals surface area contributed by atoms with E-state index in [1.165, 1.54) is 5.56 Å². The molecule has 0 saturated carbocycles. The first-order chi connectivity index (χ1) is 10.6. The van der Waals surface area contributed by atoms with Crippen LogP contribution < -0.4 is 15.4 Å². The molecule has 2 rings (SSSR count). The Bertz CT molecular complexity index is 516. The van der Waals surface area contributed by atoms with Crippen molar-refractivity contribution < 1.29 is 4.74 Å². The number of aliphatic imine (C=N–C) groups is 1. The molecule has 1 aliphatic heterocycles. The average molecular weight is 321 g/mol. The lowest BCUT2D eigenvalue weighted by Gasteiger charge is -2.28. The third-order valence-electron chi connectivity index (χ3n) is 3.78. The van der Waals surface area contributed by atoms with E-state index in [0.29, 0.717) is 0 Å². The van der Waals surface area contributed by atoms with Crippen molar-refractivity contribution in [3.05, 3.63) is 29.8 Å². The van der Waals surface area contributed by atoms with Crippen molar-refractivity contribution in [3.8, 4) is 5.75 Å². The fourth-order valence-electron chi connectivity index (χ4n) is 2.31. The highest BCUT2D eigenvalue weighted by Gasteiger charge is 2.22. The summed E-state index contributed by atoms with van der Waals surface area (Å²) < 4.78 is 5.87. The number of ether oxygens (including phenoxy) is 1. The highest BCUT2D eigenvalue weighted by Crippen LogP contribution is 2.31. The summed E-state index contributed by atoms with van der Waals surface area (Å²) in [7, 11) is 0. The number of fused-ring (bicyclic) bond motifs is 1. The van der Waals surface area contributed by atoms with Gasteiger partial charge in [0.1, 0.15) is 5.75 Å². The van der Waals surface area contributed by atoms with E-state index >= 15 is 0 Å². The van der Waals surface area contributed by atoms with Crippen LogP contribution in [0.4, 0.5) is 0 Å². The number of benzene rings is 1. The molecular weight excluding hydrogens is 294 g/mol. The minimum absolute atomic E-state index is 0.149. The Hall–Kier alpha value is -1.36. The van der Waals surface area contributed by atoms with Crippen molar-refractivity contribution in [2.24, 2.45) is 4.99 Å². The average Bonchev–Trinajstić information content (AvgIpc) is 2.53. The molecule has 0 amide bonds. The minimum atomic E-state index is 0.149. The van der Waals surface area contributed by atoms with Crippen molar-refractivity contribution in [2.75, 3.05) is 26.0 Å². The second-order valence-corrected chi connectivity index (χ2v) is 7.54. The van der Waals surface area contributed by atoms with Crippen molar-refractivity contribution in [3.63, 3.8) is 0 Å². The second-order valence-electron chi connectivity index (χ2n) is 6.03. The van der Waals surface area contributed by atoms with Gasteiger partial charge in [-0.25, -0.2) is 0 Å². The van der Waals surface area contributed by atoms with Gasteiger partial charge in [0.25, 0.3) is 0 Å². The van der Waals surface area contributed by atoms with E-state index in [4.69, 9.17) is 9.73 Å². The number of nitrogens with one attached hydrogen (secondary N) is 2. The lowest BCUT2D eigenvalue weighted by Crippen LogP contribution is -2.41. The maximum absolute atomic E-state index is 5.72. The molecule has 0 radical (unpaired) electrons. The number of nitrogens with zero attached hydrogens (tertiary/aromatic N) is 1. The van der Waals surface area contributed by atoms with E-state index in [2.05, 4.69) is 49.8 Å². The van der Waals surface area contributed by atoms with Crippen LogP contribution >= 0.6 is 11.8 Å². The SMILES string of the molecule is CCNC(=NCC(C)(C)SC)NC1CCOc2ccccc21. The zero-order chi connectivity index (χ0) is 16.0. The molecule has 1 aromatic rings. The highest BCUT2D eigenvalue weighted by molar-refractivity contribution is 7.99. The third-order valence-corrected chi connectivity index (χ3v) is 5.02. The van der Waals surface area contributed by atoms with Gasteiger partial charge >= 0.3 is 0 Å². The second kappa shape index (κ2) is 7.77. The van der Waals surface area contributed by atoms with Crippen molar-refractivity contribution in [2.45, 2.75) is 38.0 Å². The van der Waals surface area contributed by atoms with Crippen LogP contribution in [0.25, 0.3) is 0 Å². The molecule has 1 heterocycles. The van der Waals surface area contributed by atoms with E-state index in [1.54, 1.807) is 0 Å². The molecule has 0 fully saturated rings. The van der Waals surface area contributed by atoms with Crippen LogP contribution in [0.2, 0.25) is 0 Å². The van der Waals surface area contributed by atoms with Gasteiger partial charge in [-0.2, -0.15) is 11.8 Å². The predicted octanol–water partition coefficient (Wildman–Crippen LogP) is 3.21. The molecule has 0 saturated heterocycles. The van der Waals surface area contributed by atoms with Crippen LogP contribution in [0.5, 0.6) is 5.75 Å². The molecule has 4 nitrogen and oxygen atoms in total. The Morgan fingerprint density at radius 2 is 2.18 bits per heavy atom. The van der Waals surface area contributed by atoms with Crippen LogP contribution in [-0.2, 0) is 0 Å². The largest absolute Gasteiger partial charge is 0.493 e. The molecule has 22 heavy (non-hydrogen) atoms. The van der Waals surface area contributed by atoms with Gasteiger partial charge < -0.3 is 15.4 Å². The summed E-state index contributed by atoms with van der Waals surface area (Å²) >= 11 is 1.84. The topological polar surface area (TPSA) is 45.7 Å². The first-order valence-corrected chi connectivity index (χ1v) is 9.10. The molecule has 1 unspecified atom stereocenters. The number of rotatable bonds is 5. The molecule has 0 aliphatic carbocycles. The normalized spacial score (nSPS) is 18.4.